The number of aryl methyl sites for hydroxylation is 1. The van der Waals surface area contributed by atoms with E-state index < -0.39 is 57.9 Å². The van der Waals surface area contributed by atoms with Crippen molar-refractivity contribution in [2.24, 2.45) is 0 Å². The highest BCUT2D eigenvalue weighted by Gasteiger charge is 2.42. The molecular weight excluding hydrogens is 498 g/mol. The number of rotatable bonds is 9. The molecule has 0 saturated carbocycles. The summed E-state index contributed by atoms with van der Waals surface area (Å²) in [6.07, 6.45) is -1.98. The van der Waals surface area contributed by atoms with Crippen LogP contribution < -0.4 is 15.8 Å². The van der Waals surface area contributed by atoms with Gasteiger partial charge in [0.05, 0.1) is 6.61 Å². The number of carbonyl (C=O) groups is 1. The molecule has 2 heterocycles. The lowest BCUT2D eigenvalue weighted by Gasteiger charge is -2.21. The standard InChI is InChI=1S/C18H22N2O12P2/c1-11-9-20(18(23)19-17(11)22)16-8-14(29-12(2)21)15(30-16)10-28-33(24,25)32-34(26,27)31-13-6-4-3-5-7-13/h3-7,9,14-16H,8,10H2,1-2H3,(H,24,25)(H,26,27)(H,19,22,23)/t14-,15+,16+/m0/s1. The van der Waals surface area contributed by atoms with E-state index in [0.717, 1.165) is 11.5 Å². The van der Waals surface area contributed by atoms with E-state index >= 15 is 0 Å². The van der Waals surface area contributed by atoms with Crippen LogP contribution in [-0.4, -0.2) is 44.1 Å². The number of benzene rings is 1. The maximum atomic E-state index is 12.2. The maximum Gasteiger partial charge on any atom is 0.536 e. The number of H-pyrrole nitrogens is 1. The normalized spacial score (nSPS) is 23.6. The van der Waals surface area contributed by atoms with Gasteiger partial charge in [-0.3, -0.25) is 28.6 Å². The minimum atomic E-state index is -5.15. The smallest absolute Gasteiger partial charge is 0.460 e. The summed E-state index contributed by atoms with van der Waals surface area (Å²) in [4.78, 5) is 57.0. The summed E-state index contributed by atoms with van der Waals surface area (Å²) < 4.78 is 49.9. The molecule has 2 aromatic rings. The molecule has 1 aromatic carbocycles. The Morgan fingerprint density at radius 1 is 1.21 bits per heavy atom. The average Bonchev–Trinajstić information content (AvgIpc) is 3.10. The van der Waals surface area contributed by atoms with Crippen LogP contribution in [0.2, 0.25) is 0 Å². The summed E-state index contributed by atoms with van der Waals surface area (Å²) in [5.74, 6) is -0.782. The minimum absolute atomic E-state index is 0.0504. The number of hydrogen-bond acceptors (Lipinski definition) is 10. The van der Waals surface area contributed by atoms with Gasteiger partial charge in [-0.05, 0) is 19.1 Å². The lowest BCUT2D eigenvalue weighted by Crippen LogP contribution is -2.33. The van der Waals surface area contributed by atoms with Crippen molar-refractivity contribution >= 4 is 21.6 Å². The summed E-state index contributed by atoms with van der Waals surface area (Å²) in [6, 6.07) is 7.27. The third-order valence-electron chi connectivity index (χ3n) is 4.53. The molecule has 3 rings (SSSR count). The van der Waals surface area contributed by atoms with E-state index in [1.54, 1.807) is 6.07 Å². The molecule has 1 fully saturated rings. The first kappa shape index (κ1) is 26.0. The van der Waals surface area contributed by atoms with Gasteiger partial charge in [-0.2, -0.15) is 4.31 Å². The minimum Gasteiger partial charge on any atom is -0.460 e. The number of phosphoric acid groups is 2. The van der Waals surface area contributed by atoms with Gasteiger partial charge < -0.3 is 18.9 Å². The molecule has 0 amide bonds. The number of aromatic nitrogens is 2. The average molecular weight is 520 g/mol. The molecule has 0 bridgehead atoms. The number of nitrogens with zero attached hydrogens (tertiary/aromatic N) is 1. The molecule has 5 atom stereocenters. The van der Waals surface area contributed by atoms with Crippen molar-refractivity contribution in [3.63, 3.8) is 0 Å². The number of carbonyl (C=O) groups excluding carboxylic acids is 1. The van der Waals surface area contributed by atoms with Crippen LogP contribution >= 0.6 is 15.6 Å². The fourth-order valence-electron chi connectivity index (χ4n) is 3.11. The van der Waals surface area contributed by atoms with Crippen LogP contribution in [0.5, 0.6) is 5.75 Å². The van der Waals surface area contributed by atoms with Crippen LogP contribution in [0, 0.1) is 6.92 Å². The number of phosphoric ester groups is 2. The summed E-state index contributed by atoms with van der Waals surface area (Å²) in [6.45, 7) is 1.88. The van der Waals surface area contributed by atoms with Crippen LogP contribution in [0.1, 0.15) is 25.1 Å². The van der Waals surface area contributed by atoms with Gasteiger partial charge in [0.15, 0.2) is 0 Å². The lowest BCUT2D eigenvalue weighted by molar-refractivity contribution is -0.150. The Bertz CT molecular complexity index is 1240. The molecule has 16 heteroatoms. The van der Waals surface area contributed by atoms with Crippen molar-refractivity contribution in [2.75, 3.05) is 6.61 Å². The molecule has 14 nitrogen and oxygen atoms in total. The second kappa shape index (κ2) is 10.4. The topological polar surface area (TPSA) is 193 Å². The number of ether oxygens (including phenoxy) is 2. The van der Waals surface area contributed by atoms with Crippen molar-refractivity contribution < 1.29 is 46.5 Å². The summed E-state index contributed by atoms with van der Waals surface area (Å²) >= 11 is 0. The Balaban J connectivity index is 1.69. The molecule has 186 valence electrons. The molecular formula is C18H22N2O12P2. The van der Waals surface area contributed by atoms with Crippen molar-refractivity contribution in [1.82, 2.24) is 9.55 Å². The van der Waals surface area contributed by atoms with Crippen LogP contribution in [0.3, 0.4) is 0 Å². The number of hydrogen-bond donors (Lipinski definition) is 3. The van der Waals surface area contributed by atoms with Crippen LogP contribution in [0.4, 0.5) is 0 Å². The highest BCUT2D eigenvalue weighted by atomic mass is 31.3. The fourth-order valence-corrected chi connectivity index (χ4v) is 5.20. The largest absolute Gasteiger partial charge is 0.536 e. The molecule has 1 aliphatic rings. The molecule has 34 heavy (non-hydrogen) atoms. The zero-order chi connectivity index (χ0) is 25.1. The third kappa shape index (κ3) is 6.97. The molecule has 0 spiro atoms. The van der Waals surface area contributed by atoms with Gasteiger partial charge in [0.2, 0.25) is 0 Å². The van der Waals surface area contributed by atoms with E-state index in [1.165, 1.54) is 37.4 Å². The summed E-state index contributed by atoms with van der Waals surface area (Å²) in [7, 11) is -10.2. The molecule has 1 aromatic heterocycles. The first-order valence-corrected chi connectivity index (χ1v) is 12.8. The number of aromatic amines is 1. The van der Waals surface area contributed by atoms with E-state index in [2.05, 4.69) is 9.29 Å². The molecule has 0 radical (unpaired) electrons. The predicted molar refractivity (Wildman–Crippen MR) is 114 cm³/mol. The number of para-hydroxylation sites is 1. The van der Waals surface area contributed by atoms with Gasteiger partial charge in [0, 0.05) is 25.1 Å². The van der Waals surface area contributed by atoms with Crippen molar-refractivity contribution in [1.29, 1.82) is 0 Å². The van der Waals surface area contributed by atoms with E-state index in [4.69, 9.17) is 18.5 Å². The number of nitrogens with one attached hydrogen (secondary N) is 1. The Labute approximate surface area is 192 Å². The fraction of sp³-hybridized carbons (Fsp3) is 0.389. The highest BCUT2D eigenvalue weighted by Crippen LogP contribution is 2.60. The first-order valence-electron chi connectivity index (χ1n) is 9.76. The van der Waals surface area contributed by atoms with Crippen molar-refractivity contribution in [3.8, 4) is 5.75 Å². The Kier molecular flexibility index (Phi) is 7.94. The van der Waals surface area contributed by atoms with Gasteiger partial charge in [-0.25, -0.2) is 13.9 Å². The third-order valence-corrected chi connectivity index (χ3v) is 7.09. The zero-order valence-electron chi connectivity index (χ0n) is 17.9. The summed E-state index contributed by atoms with van der Waals surface area (Å²) in [5, 5.41) is 0. The lowest BCUT2D eigenvalue weighted by atomic mass is 10.2. The van der Waals surface area contributed by atoms with E-state index in [0.29, 0.717) is 0 Å². The molecule has 2 unspecified atom stereocenters. The monoisotopic (exact) mass is 520 g/mol. The van der Waals surface area contributed by atoms with E-state index in [9.17, 15) is 33.3 Å². The van der Waals surface area contributed by atoms with Crippen molar-refractivity contribution in [3.05, 3.63) is 62.9 Å². The first-order chi connectivity index (χ1) is 15.8. The van der Waals surface area contributed by atoms with Crippen molar-refractivity contribution in [2.45, 2.75) is 38.7 Å². The van der Waals surface area contributed by atoms with Gasteiger partial charge in [0.1, 0.15) is 24.2 Å². The SMILES string of the molecule is CC(=O)O[C@H]1C[C@H](n2cc(C)c(=O)[nH]c2=O)O[C@@H]1COP(=O)(O)OP(=O)(O)Oc1ccccc1. The van der Waals surface area contributed by atoms with E-state index in [-0.39, 0.29) is 17.7 Å². The molecule has 1 aliphatic heterocycles. The van der Waals surface area contributed by atoms with Gasteiger partial charge in [-0.15, -0.1) is 0 Å². The molecule has 1 saturated heterocycles. The highest BCUT2D eigenvalue weighted by molar-refractivity contribution is 7.61. The van der Waals surface area contributed by atoms with Gasteiger partial charge >= 0.3 is 27.3 Å². The predicted octanol–water partition coefficient (Wildman–Crippen LogP) is 1.38. The quantitative estimate of drug-likeness (QED) is 0.318. The van der Waals surface area contributed by atoms with Gasteiger partial charge in [0.25, 0.3) is 5.56 Å². The Morgan fingerprint density at radius 2 is 1.88 bits per heavy atom. The second-order valence-electron chi connectivity index (χ2n) is 7.21. The van der Waals surface area contributed by atoms with Gasteiger partial charge in [-0.1, -0.05) is 18.2 Å². The second-order valence-corrected chi connectivity index (χ2v) is 10.2. The number of esters is 1. The van der Waals surface area contributed by atoms with Crippen LogP contribution in [0.15, 0.2) is 46.1 Å². The van der Waals surface area contributed by atoms with Crippen LogP contribution in [-0.2, 0) is 32.2 Å². The Hall–Kier alpha value is -2.57. The zero-order valence-corrected chi connectivity index (χ0v) is 19.7. The van der Waals surface area contributed by atoms with E-state index in [1.807, 2.05) is 0 Å². The maximum absolute atomic E-state index is 12.2. The summed E-state index contributed by atoms with van der Waals surface area (Å²) in [5.41, 5.74) is -1.14. The Morgan fingerprint density at radius 3 is 2.53 bits per heavy atom. The molecule has 0 aliphatic carbocycles. The molecule has 3 N–H and O–H groups in total. The van der Waals surface area contributed by atoms with Crippen LogP contribution in [0.25, 0.3) is 0 Å².